The molecule has 0 bridgehead atoms. The number of para-hydroxylation sites is 1. The molecule has 2 aliphatic heterocycles. The fraction of sp³-hybridized carbons (Fsp3) is 0.194. The zero-order chi connectivity index (χ0) is 27.1. The second kappa shape index (κ2) is 10.2. The zero-order valence-electron chi connectivity index (χ0n) is 21.4. The van der Waals surface area contributed by atoms with Gasteiger partial charge in [-0.25, -0.2) is 4.39 Å². The number of thioether (sulfide) groups is 1. The first-order valence-electron chi connectivity index (χ1n) is 12.8. The first-order chi connectivity index (χ1) is 18.9. The summed E-state index contributed by atoms with van der Waals surface area (Å²) in [6.45, 7) is 3.01. The maximum Gasteiger partial charge on any atom is 0.294 e. The number of aromatic nitrogens is 1. The molecule has 0 radical (unpaired) electrons. The number of nitrogens with zero attached hydrogens (tertiary/aromatic N) is 3. The Hall–Kier alpha value is -4.17. The number of carbonyl (C=O) groups is 3. The lowest BCUT2D eigenvalue weighted by molar-refractivity contribution is -0.136. The Morgan fingerprint density at radius 3 is 2.51 bits per heavy atom. The molecule has 3 heterocycles. The third kappa shape index (κ3) is 4.65. The van der Waals surface area contributed by atoms with E-state index in [1.54, 1.807) is 29.2 Å². The van der Waals surface area contributed by atoms with Gasteiger partial charge in [-0.3, -0.25) is 19.3 Å². The van der Waals surface area contributed by atoms with Crippen molar-refractivity contribution in [3.63, 3.8) is 0 Å². The van der Waals surface area contributed by atoms with Gasteiger partial charge in [0.2, 0.25) is 5.91 Å². The van der Waals surface area contributed by atoms with Crippen LogP contribution in [0.1, 0.15) is 27.9 Å². The SMILES string of the molecule is Cc1c(/C=C2\SC(=O)N(CC(=O)N3CCc4ccccc4C3)C2=O)c2ccccc2n1Cc1ccccc1F. The monoisotopic (exact) mass is 539 g/mol. The van der Waals surface area contributed by atoms with Gasteiger partial charge in [-0.15, -0.1) is 0 Å². The van der Waals surface area contributed by atoms with Crippen LogP contribution in [0.3, 0.4) is 0 Å². The van der Waals surface area contributed by atoms with E-state index in [4.69, 9.17) is 0 Å². The Kier molecular flexibility index (Phi) is 6.56. The third-order valence-electron chi connectivity index (χ3n) is 7.49. The molecule has 6 rings (SSSR count). The summed E-state index contributed by atoms with van der Waals surface area (Å²) in [5.74, 6) is -0.994. The molecule has 0 aliphatic carbocycles. The summed E-state index contributed by atoms with van der Waals surface area (Å²) in [7, 11) is 0. The molecule has 39 heavy (non-hydrogen) atoms. The topological polar surface area (TPSA) is 62.6 Å². The number of hydrogen-bond acceptors (Lipinski definition) is 4. The van der Waals surface area contributed by atoms with Gasteiger partial charge in [-0.2, -0.15) is 0 Å². The van der Waals surface area contributed by atoms with Gasteiger partial charge in [0.25, 0.3) is 11.1 Å². The first-order valence-corrected chi connectivity index (χ1v) is 13.6. The number of amides is 3. The number of benzene rings is 3. The Balaban J connectivity index is 1.26. The quantitative estimate of drug-likeness (QED) is 0.303. The molecule has 3 aromatic carbocycles. The van der Waals surface area contributed by atoms with Gasteiger partial charge in [0.15, 0.2) is 0 Å². The van der Waals surface area contributed by atoms with Gasteiger partial charge in [-0.1, -0.05) is 60.7 Å². The Morgan fingerprint density at radius 1 is 0.974 bits per heavy atom. The van der Waals surface area contributed by atoms with E-state index in [9.17, 15) is 18.8 Å². The number of fused-ring (bicyclic) bond motifs is 2. The minimum atomic E-state index is -0.471. The van der Waals surface area contributed by atoms with Gasteiger partial charge >= 0.3 is 0 Å². The third-order valence-corrected chi connectivity index (χ3v) is 8.40. The summed E-state index contributed by atoms with van der Waals surface area (Å²) in [6.07, 6.45) is 2.47. The van der Waals surface area contributed by atoms with Gasteiger partial charge in [0.1, 0.15) is 12.4 Å². The van der Waals surface area contributed by atoms with Crippen molar-refractivity contribution in [1.82, 2.24) is 14.4 Å². The number of imide groups is 1. The summed E-state index contributed by atoms with van der Waals surface area (Å²) in [5.41, 5.74) is 5.44. The Labute approximate surface area is 229 Å². The second-order valence-electron chi connectivity index (χ2n) is 9.80. The fourth-order valence-corrected chi connectivity index (χ4v) is 6.17. The van der Waals surface area contributed by atoms with E-state index >= 15 is 0 Å². The Bertz CT molecular complexity index is 1670. The van der Waals surface area contributed by atoms with Crippen LogP contribution < -0.4 is 0 Å². The molecule has 4 aromatic rings. The molecule has 0 atom stereocenters. The lowest BCUT2D eigenvalue weighted by Gasteiger charge is -2.29. The Morgan fingerprint density at radius 2 is 1.69 bits per heavy atom. The molecule has 0 unspecified atom stereocenters. The van der Waals surface area contributed by atoms with Crippen LogP contribution in [0, 0.1) is 12.7 Å². The maximum absolute atomic E-state index is 14.4. The molecule has 196 valence electrons. The molecule has 8 heteroatoms. The summed E-state index contributed by atoms with van der Waals surface area (Å²) in [6, 6.07) is 22.4. The zero-order valence-corrected chi connectivity index (χ0v) is 22.2. The molecule has 3 amide bonds. The van der Waals surface area contributed by atoms with Crippen molar-refractivity contribution in [2.24, 2.45) is 0 Å². The van der Waals surface area contributed by atoms with Gasteiger partial charge in [-0.05, 0) is 54.4 Å². The molecule has 0 saturated carbocycles. The lowest BCUT2D eigenvalue weighted by atomic mass is 10.00. The number of carbonyl (C=O) groups excluding carboxylic acids is 3. The van der Waals surface area contributed by atoms with E-state index in [0.29, 0.717) is 25.2 Å². The van der Waals surface area contributed by atoms with Crippen molar-refractivity contribution in [3.05, 3.63) is 111 Å². The van der Waals surface area contributed by atoms with Crippen LogP contribution in [0.2, 0.25) is 0 Å². The minimum Gasteiger partial charge on any atom is -0.340 e. The van der Waals surface area contributed by atoms with Crippen LogP contribution in [0.25, 0.3) is 17.0 Å². The molecular weight excluding hydrogens is 513 g/mol. The summed E-state index contributed by atoms with van der Waals surface area (Å²) < 4.78 is 16.5. The highest BCUT2D eigenvalue weighted by molar-refractivity contribution is 8.18. The normalized spacial score (nSPS) is 16.4. The van der Waals surface area contributed by atoms with E-state index in [1.807, 2.05) is 54.0 Å². The van der Waals surface area contributed by atoms with Crippen molar-refractivity contribution < 1.29 is 18.8 Å². The maximum atomic E-state index is 14.4. The van der Waals surface area contributed by atoms with E-state index < -0.39 is 11.1 Å². The van der Waals surface area contributed by atoms with E-state index in [2.05, 4.69) is 6.07 Å². The van der Waals surface area contributed by atoms with Crippen molar-refractivity contribution >= 4 is 45.8 Å². The van der Waals surface area contributed by atoms with Crippen LogP contribution >= 0.6 is 11.8 Å². The highest BCUT2D eigenvalue weighted by Crippen LogP contribution is 2.36. The minimum absolute atomic E-state index is 0.245. The molecule has 0 spiro atoms. The van der Waals surface area contributed by atoms with Crippen LogP contribution in [-0.4, -0.2) is 44.5 Å². The van der Waals surface area contributed by atoms with Crippen molar-refractivity contribution in [2.75, 3.05) is 13.1 Å². The highest BCUT2D eigenvalue weighted by Gasteiger charge is 2.38. The summed E-state index contributed by atoms with van der Waals surface area (Å²) >= 11 is 0.845. The molecule has 1 saturated heterocycles. The first kappa shape index (κ1) is 25.1. The van der Waals surface area contributed by atoms with Crippen molar-refractivity contribution in [2.45, 2.75) is 26.4 Å². The van der Waals surface area contributed by atoms with Crippen molar-refractivity contribution in [3.8, 4) is 0 Å². The van der Waals surface area contributed by atoms with E-state index in [0.717, 1.165) is 50.8 Å². The number of rotatable bonds is 5. The van der Waals surface area contributed by atoms with Gasteiger partial charge < -0.3 is 9.47 Å². The second-order valence-corrected chi connectivity index (χ2v) is 10.8. The number of hydrogen-bond donors (Lipinski definition) is 0. The van der Waals surface area contributed by atoms with Crippen LogP contribution in [0.4, 0.5) is 9.18 Å². The van der Waals surface area contributed by atoms with Crippen LogP contribution in [0.15, 0.2) is 77.7 Å². The smallest absolute Gasteiger partial charge is 0.294 e. The highest BCUT2D eigenvalue weighted by atomic mass is 32.2. The molecule has 6 nitrogen and oxygen atoms in total. The van der Waals surface area contributed by atoms with Crippen molar-refractivity contribution in [1.29, 1.82) is 0 Å². The average Bonchev–Trinajstić information content (AvgIpc) is 3.37. The van der Waals surface area contributed by atoms with Gasteiger partial charge in [0, 0.05) is 40.8 Å². The molecule has 1 fully saturated rings. The fourth-order valence-electron chi connectivity index (χ4n) is 5.35. The molecular formula is C31H26FN3O3S. The van der Waals surface area contributed by atoms with Crippen LogP contribution in [0.5, 0.6) is 0 Å². The van der Waals surface area contributed by atoms with Crippen LogP contribution in [-0.2, 0) is 29.1 Å². The molecule has 1 aromatic heterocycles. The van der Waals surface area contributed by atoms with E-state index in [-0.39, 0.29) is 23.2 Å². The standard InChI is InChI=1S/C31H26FN3O3S/c1-20-25(24-11-5-7-13-27(24)34(20)18-23-10-4-6-12-26(23)32)16-28-30(37)35(31(38)39-28)19-29(36)33-15-14-21-8-2-3-9-22(21)17-33/h2-13,16H,14-15,17-19H2,1H3/b28-16-. The average molecular weight is 540 g/mol. The predicted molar refractivity (Wildman–Crippen MR) is 150 cm³/mol. The van der Waals surface area contributed by atoms with Gasteiger partial charge in [0.05, 0.1) is 11.4 Å². The summed E-state index contributed by atoms with van der Waals surface area (Å²) in [5, 5.41) is 0.450. The van der Waals surface area contributed by atoms with E-state index in [1.165, 1.54) is 11.6 Å². The predicted octanol–water partition coefficient (Wildman–Crippen LogP) is 5.76. The molecule has 0 N–H and O–H groups in total. The largest absolute Gasteiger partial charge is 0.340 e. The molecule has 2 aliphatic rings. The lowest BCUT2D eigenvalue weighted by Crippen LogP contribution is -2.44. The summed E-state index contributed by atoms with van der Waals surface area (Å²) in [4.78, 5) is 42.2. The number of halogens is 1.